The predicted octanol–water partition coefficient (Wildman–Crippen LogP) is 5.17. The molecule has 1 heterocycles. The van der Waals surface area contributed by atoms with Crippen molar-refractivity contribution < 1.29 is 9.90 Å². The van der Waals surface area contributed by atoms with Crippen LogP contribution in [-0.2, 0) is 11.3 Å². The Morgan fingerprint density at radius 2 is 1.83 bits per heavy atom. The molecule has 6 unspecified atom stereocenters. The Morgan fingerprint density at radius 1 is 1.07 bits per heavy atom. The van der Waals surface area contributed by atoms with Crippen molar-refractivity contribution in [2.24, 2.45) is 40.4 Å². The number of aliphatic hydroxyl groups is 1. The van der Waals surface area contributed by atoms with Crippen LogP contribution in [0.5, 0.6) is 0 Å². The monoisotopic (exact) mass is 412 g/mol. The summed E-state index contributed by atoms with van der Waals surface area (Å²) in [5.41, 5.74) is 0.106. The Morgan fingerprint density at radius 3 is 2.57 bits per heavy atom. The molecule has 1 N–H and O–H groups in total. The van der Waals surface area contributed by atoms with Gasteiger partial charge in [-0.2, -0.15) is 0 Å². The average molecular weight is 413 g/mol. The summed E-state index contributed by atoms with van der Waals surface area (Å²) in [6.45, 7) is 9.52. The van der Waals surface area contributed by atoms with E-state index in [4.69, 9.17) is 0 Å². The van der Waals surface area contributed by atoms with Gasteiger partial charge >= 0.3 is 0 Å². The molecule has 1 aromatic rings. The molecule has 0 aliphatic heterocycles. The van der Waals surface area contributed by atoms with Crippen molar-refractivity contribution in [3.63, 3.8) is 0 Å². The first-order valence-corrected chi connectivity index (χ1v) is 12.4. The van der Waals surface area contributed by atoms with E-state index < -0.39 is 5.60 Å². The highest BCUT2D eigenvalue weighted by atomic mass is 16.3. The standard InChI is InChI=1S/C26H40N2O2/c1-17-27-13-14-28(17)16-23(29)22-8-7-20-19-6-5-18-15-24(2,30)11-12-25(18,3)21(19)9-10-26(20,22)4/h13-14,18-22,30H,5-12,15-16H2,1-4H3/t18?,19?,20?,21?,22-,24-,25?,26?/m1/s1. The maximum absolute atomic E-state index is 13.4. The molecule has 0 aromatic carbocycles. The summed E-state index contributed by atoms with van der Waals surface area (Å²) in [5.74, 6) is 4.52. The van der Waals surface area contributed by atoms with E-state index in [0.717, 1.165) is 36.9 Å². The molecule has 0 amide bonds. The third-order valence-electron chi connectivity index (χ3n) is 10.6. The van der Waals surface area contributed by atoms with Gasteiger partial charge in [0.05, 0.1) is 12.1 Å². The van der Waals surface area contributed by atoms with Crippen molar-refractivity contribution in [3.05, 3.63) is 18.2 Å². The largest absolute Gasteiger partial charge is 0.390 e. The van der Waals surface area contributed by atoms with Crippen molar-refractivity contribution in [1.29, 1.82) is 0 Å². The molecule has 4 saturated carbocycles. The summed E-state index contributed by atoms with van der Waals surface area (Å²) in [6.07, 6.45) is 14.2. The van der Waals surface area contributed by atoms with Crippen LogP contribution >= 0.6 is 0 Å². The zero-order valence-corrected chi connectivity index (χ0v) is 19.4. The van der Waals surface area contributed by atoms with Gasteiger partial charge in [0.1, 0.15) is 5.82 Å². The minimum atomic E-state index is -0.462. The van der Waals surface area contributed by atoms with E-state index in [-0.39, 0.29) is 11.3 Å². The van der Waals surface area contributed by atoms with Crippen LogP contribution in [0.2, 0.25) is 0 Å². The van der Waals surface area contributed by atoms with E-state index in [1.54, 1.807) is 6.20 Å². The summed E-state index contributed by atoms with van der Waals surface area (Å²) in [6, 6.07) is 0. The van der Waals surface area contributed by atoms with Crippen LogP contribution in [0.25, 0.3) is 0 Å². The molecule has 0 saturated heterocycles. The number of carbonyl (C=O) groups is 1. The Kier molecular flexibility index (Phi) is 4.78. The number of imidazole rings is 1. The molecule has 0 radical (unpaired) electrons. The maximum Gasteiger partial charge on any atom is 0.156 e. The highest BCUT2D eigenvalue weighted by Gasteiger charge is 2.61. The number of fused-ring (bicyclic) bond motifs is 5. The van der Waals surface area contributed by atoms with Gasteiger partial charge in [-0.1, -0.05) is 13.8 Å². The number of aromatic nitrogens is 2. The molecular formula is C26H40N2O2. The fraction of sp³-hybridized carbons (Fsp3) is 0.846. The average Bonchev–Trinajstić information content (AvgIpc) is 3.24. The lowest BCUT2D eigenvalue weighted by Crippen LogP contribution is -2.55. The van der Waals surface area contributed by atoms with Crippen molar-refractivity contribution in [2.45, 2.75) is 97.6 Å². The summed E-state index contributed by atoms with van der Waals surface area (Å²) in [7, 11) is 0. The molecule has 4 nitrogen and oxygen atoms in total. The molecule has 166 valence electrons. The first kappa shape index (κ1) is 20.7. The molecule has 4 fully saturated rings. The van der Waals surface area contributed by atoms with Gasteiger partial charge in [-0.15, -0.1) is 0 Å². The maximum atomic E-state index is 13.4. The van der Waals surface area contributed by atoms with Crippen LogP contribution in [0.3, 0.4) is 0 Å². The van der Waals surface area contributed by atoms with Crippen LogP contribution in [0, 0.1) is 47.3 Å². The Hall–Kier alpha value is -1.16. The summed E-state index contributed by atoms with van der Waals surface area (Å²) in [5, 5.41) is 10.7. The van der Waals surface area contributed by atoms with Crippen LogP contribution in [0.15, 0.2) is 12.4 Å². The number of Topliss-reactive ketones (excluding diaryl/α,β-unsaturated/α-hetero) is 1. The van der Waals surface area contributed by atoms with Crippen LogP contribution in [0.1, 0.15) is 84.4 Å². The molecule has 4 aliphatic carbocycles. The van der Waals surface area contributed by atoms with E-state index >= 15 is 0 Å². The van der Waals surface area contributed by atoms with Gasteiger partial charge in [-0.05, 0) is 106 Å². The topological polar surface area (TPSA) is 55.1 Å². The molecule has 4 heteroatoms. The molecule has 0 spiro atoms. The second-order valence-electron chi connectivity index (χ2n) is 12.1. The van der Waals surface area contributed by atoms with Gasteiger partial charge in [0.2, 0.25) is 0 Å². The van der Waals surface area contributed by atoms with Gasteiger partial charge in [0, 0.05) is 18.3 Å². The van der Waals surface area contributed by atoms with Crippen LogP contribution < -0.4 is 0 Å². The molecule has 1 aromatic heterocycles. The lowest BCUT2D eigenvalue weighted by molar-refractivity contribution is -0.151. The Bertz CT molecular complexity index is 829. The highest BCUT2D eigenvalue weighted by Crippen LogP contribution is 2.68. The number of hydrogen-bond acceptors (Lipinski definition) is 3. The number of nitrogens with zero attached hydrogens (tertiary/aromatic N) is 2. The first-order valence-electron chi connectivity index (χ1n) is 12.4. The van der Waals surface area contributed by atoms with Crippen molar-refractivity contribution >= 4 is 5.78 Å². The number of carbonyl (C=O) groups excluding carboxylic acids is 1. The second kappa shape index (κ2) is 6.92. The van der Waals surface area contributed by atoms with E-state index in [0.29, 0.717) is 29.6 Å². The lowest BCUT2D eigenvalue weighted by atomic mass is 9.44. The van der Waals surface area contributed by atoms with Gasteiger partial charge < -0.3 is 9.67 Å². The van der Waals surface area contributed by atoms with Gasteiger partial charge in [-0.3, -0.25) is 4.79 Å². The lowest BCUT2D eigenvalue weighted by Gasteiger charge is -2.61. The molecule has 4 aliphatic rings. The zero-order chi connectivity index (χ0) is 21.3. The fourth-order valence-electron chi connectivity index (χ4n) is 8.81. The summed E-state index contributed by atoms with van der Waals surface area (Å²) < 4.78 is 2.02. The summed E-state index contributed by atoms with van der Waals surface area (Å²) in [4.78, 5) is 17.7. The summed E-state index contributed by atoms with van der Waals surface area (Å²) >= 11 is 0. The van der Waals surface area contributed by atoms with Crippen molar-refractivity contribution in [1.82, 2.24) is 9.55 Å². The van der Waals surface area contributed by atoms with E-state index in [1.807, 2.05) is 24.6 Å². The van der Waals surface area contributed by atoms with Crippen molar-refractivity contribution in [2.75, 3.05) is 0 Å². The van der Waals surface area contributed by atoms with Gasteiger partial charge in [0.15, 0.2) is 5.78 Å². The minimum absolute atomic E-state index is 0.177. The number of hydrogen-bond donors (Lipinski definition) is 1. The zero-order valence-electron chi connectivity index (χ0n) is 19.4. The highest BCUT2D eigenvalue weighted by molar-refractivity contribution is 5.82. The molecule has 5 rings (SSSR count). The number of ketones is 1. The third-order valence-corrected chi connectivity index (χ3v) is 10.6. The predicted molar refractivity (Wildman–Crippen MR) is 118 cm³/mol. The van der Waals surface area contributed by atoms with E-state index in [2.05, 4.69) is 18.8 Å². The van der Waals surface area contributed by atoms with E-state index in [1.165, 1.54) is 38.5 Å². The second-order valence-corrected chi connectivity index (χ2v) is 12.1. The SMILES string of the molecule is Cc1nccn1CC(=O)[C@H]1CCC2C3CCC4C[C@](C)(O)CCC4(C)C3CCC21C. The molecular weight excluding hydrogens is 372 g/mol. The Balaban J connectivity index is 1.35. The number of aryl methyl sites for hydroxylation is 1. The minimum Gasteiger partial charge on any atom is -0.390 e. The smallest absolute Gasteiger partial charge is 0.156 e. The quantitative estimate of drug-likeness (QED) is 0.745. The normalized spacial score (nSPS) is 48.0. The molecule has 0 bridgehead atoms. The van der Waals surface area contributed by atoms with Crippen LogP contribution in [0.4, 0.5) is 0 Å². The van der Waals surface area contributed by atoms with E-state index in [9.17, 15) is 9.90 Å². The van der Waals surface area contributed by atoms with Crippen LogP contribution in [-0.4, -0.2) is 26.0 Å². The molecule has 8 atom stereocenters. The van der Waals surface area contributed by atoms with Gasteiger partial charge in [-0.25, -0.2) is 4.98 Å². The number of rotatable bonds is 3. The van der Waals surface area contributed by atoms with Crippen molar-refractivity contribution in [3.8, 4) is 0 Å². The fourth-order valence-corrected chi connectivity index (χ4v) is 8.81. The Labute approximate surface area is 181 Å². The first-order chi connectivity index (χ1) is 14.1. The third kappa shape index (κ3) is 3.04. The molecule has 30 heavy (non-hydrogen) atoms. The van der Waals surface area contributed by atoms with Gasteiger partial charge in [0.25, 0.3) is 0 Å².